The summed E-state index contributed by atoms with van der Waals surface area (Å²) in [7, 11) is 1.54. The summed E-state index contributed by atoms with van der Waals surface area (Å²) in [5.74, 6) is 0.857. The fourth-order valence-electron chi connectivity index (χ4n) is 3.67. The van der Waals surface area contributed by atoms with Crippen LogP contribution >= 0.6 is 0 Å². The number of benzene rings is 2. The van der Waals surface area contributed by atoms with Crippen LogP contribution in [0.4, 0.5) is 0 Å². The number of nitrogens with zero attached hydrogens (tertiary/aromatic N) is 3. The van der Waals surface area contributed by atoms with Gasteiger partial charge in [0, 0.05) is 18.9 Å². The van der Waals surface area contributed by atoms with Crippen molar-refractivity contribution in [2.24, 2.45) is 0 Å². The number of methoxy groups -OCH3 is 1. The van der Waals surface area contributed by atoms with Crippen molar-refractivity contribution in [3.63, 3.8) is 0 Å². The van der Waals surface area contributed by atoms with E-state index in [2.05, 4.69) is 28.2 Å². The van der Waals surface area contributed by atoms with Gasteiger partial charge in [0.05, 0.1) is 20.1 Å². The van der Waals surface area contributed by atoms with Gasteiger partial charge in [0.1, 0.15) is 6.10 Å². The Labute approximate surface area is 164 Å². The second-order valence-electron chi connectivity index (χ2n) is 6.91. The van der Waals surface area contributed by atoms with Gasteiger partial charge >= 0.3 is 0 Å². The Kier molecular flexibility index (Phi) is 5.37. The molecule has 1 aliphatic heterocycles. The molecule has 3 aromatic rings. The summed E-state index contributed by atoms with van der Waals surface area (Å²) < 4.78 is 11.2. The van der Waals surface area contributed by atoms with Gasteiger partial charge in [-0.1, -0.05) is 42.5 Å². The fourth-order valence-corrected chi connectivity index (χ4v) is 3.67. The van der Waals surface area contributed by atoms with E-state index in [1.807, 2.05) is 29.2 Å². The Hall–Kier alpha value is -3.15. The third-order valence-electron chi connectivity index (χ3n) is 5.06. The molecule has 1 fully saturated rings. The summed E-state index contributed by atoms with van der Waals surface area (Å²) in [6.07, 6.45) is 5.18. The van der Waals surface area contributed by atoms with Gasteiger partial charge in [0.15, 0.2) is 0 Å². The van der Waals surface area contributed by atoms with E-state index >= 15 is 0 Å². The van der Waals surface area contributed by atoms with Crippen LogP contribution in [-0.4, -0.2) is 47.1 Å². The molecule has 6 heteroatoms. The molecule has 144 valence electrons. The van der Waals surface area contributed by atoms with Crippen molar-refractivity contribution >= 4 is 16.7 Å². The van der Waals surface area contributed by atoms with Crippen LogP contribution in [0.15, 0.2) is 54.9 Å². The van der Waals surface area contributed by atoms with Crippen LogP contribution in [0, 0.1) is 0 Å². The minimum Gasteiger partial charge on any atom is -0.477 e. The van der Waals surface area contributed by atoms with Gasteiger partial charge in [-0.25, -0.2) is 9.97 Å². The number of amides is 1. The second kappa shape index (κ2) is 8.25. The van der Waals surface area contributed by atoms with Gasteiger partial charge in [0.25, 0.3) is 11.8 Å². The number of rotatable bonds is 5. The first-order valence-corrected chi connectivity index (χ1v) is 9.50. The molecular weight excluding hydrogens is 354 g/mol. The summed E-state index contributed by atoms with van der Waals surface area (Å²) in [6, 6.07) is 14.3. The third-order valence-corrected chi connectivity index (χ3v) is 5.06. The summed E-state index contributed by atoms with van der Waals surface area (Å²) in [5, 5.41) is 2.29. The maximum Gasteiger partial charge on any atom is 0.278 e. The standard InChI is InChI=1S/C22H23N3O3/c1-27-21-22(24-12-11-23-21)28-18-9-5-13-25(15-18)20(26)14-17-8-4-7-16-6-2-3-10-19(16)17/h2-4,6-8,10-12,18H,5,9,13-15H2,1H3. The lowest BCUT2D eigenvalue weighted by Crippen LogP contribution is -2.45. The van der Waals surface area contributed by atoms with E-state index in [1.165, 1.54) is 7.11 Å². The number of aromatic nitrogens is 2. The molecule has 1 unspecified atom stereocenters. The molecule has 4 rings (SSSR count). The minimum absolute atomic E-state index is 0.115. The van der Waals surface area contributed by atoms with Crippen LogP contribution < -0.4 is 9.47 Å². The largest absolute Gasteiger partial charge is 0.477 e. The predicted molar refractivity (Wildman–Crippen MR) is 106 cm³/mol. The fraction of sp³-hybridized carbons (Fsp3) is 0.318. The van der Waals surface area contributed by atoms with E-state index in [4.69, 9.17) is 9.47 Å². The average Bonchev–Trinajstić information content (AvgIpc) is 2.74. The van der Waals surface area contributed by atoms with Crippen LogP contribution in [0.5, 0.6) is 11.8 Å². The van der Waals surface area contributed by atoms with E-state index in [9.17, 15) is 4.79 Å². The van der Waals surface area contributed by atoms with E-state index < -0.39 is 0 Å². The molecule has 2 heterocycles. The van der Waals surface area contributed by atoms with Crippen molar-refractivity contribution in [3.05, 3.63) is 60.4 Å². The first-order valence-electron chi connectivity index (χ1n) is 9.50. The summed E-state index contributed by atoms with van der Waals surface area (Å²) >= 11 is 0. The highest BCUT2D eigenvalue weighted by Gasteiger charge is 2.26. The molecule has 0 bridgehead atoms. The zero-order valence-corrected chi connectivity index (χ0v) is 15.9. The number of piperidine rings is 1. The molecule has 0 saturated carbocycles. The quantitative estimate of drug-likeness (QED) is 0.683. The third kappa shape index (κ3) is 3.91. The van der Waals surface area contributed by atoms with Crippen molar-refractivity contribution in [2.75, 3.05) is 20.2 Å². The molecule has 1 amide bonds. The summed E-state index contributed by atoms with van der Waals surface area (Å²) in [4.78, 5) is 23.2. The Morgan fingerprint density at radius 2 is 1.89 bits per heavy atom. The van der Waals surface area contributed by atoms with Crippen molar-refractivity contribution in [2.45, 2.75) is 25.4 Å². The first kappa shape index (κ1) is 18.2. The number of carbonyl (C=O) groups excluding carboxylic acids is 1. The van der Waals surface area contributed by atoms with Crippen molar-refractivity contribution in [3.8, 4) is 11.8 Å². The van der Waals surface area contributed by atoms with Crippen LogP contribution in [0.2, 0.25) is 0 Å². The van der Waals surface area contributed by atoms with E-state index in [0.717, 1.165) is 35.7 Å². The van der Waals surface area contributed by atoms with Crippen LogP contribution in [0.3, 0.4) is 0 Å². The molecular formula is C22H23N3O3. The Bertz CT molecular complexity index is 971. The lowest BCUT2D eigenvalue weighted by molar-refractivity contribution is -0.133. The topological polar surface area (TPSA) is 64.6 Å². The van der Waals surface area contributed by atoms with Crippen molar-refractivity contribution in [1.82, 2.24) is 14.9 Å². The molecule has 1 atom stereocenters. The van der Waals surface area contributed by atoms with Crippen LogP contribution in [-0.2, 0) is 11.2 Å². The average molecular weight is 377 g/mol. The molecule has 0 aliphatic carbocycles. The first-order chi connectivity index (χ1) is 13.7. The Balaban J connectivity index is 1.44. The Morgan fingerprint density at radius 3 is 2.75 bits per heavy atom. The van der Waals surface area contributed by atoms with E-state index in [1.54, 1.807) is 12.4 Å². The van der Waals surface area contributed by atoms with Crippen LogP contribution in [0.1, 0.15) is 18.4 Å². The molecule has 28 heavy (non-hydrogen) atoms. The summed E-state index contributed by atoms with van der Waals surface area (Å²) in [5.41, 5.74) is 1.06. The van der Waals surface area contributed by atoms with Crippen LogP contribution in [0.25, 0.3) is 10.8 Å². The highest BCUT2D eigenvalue weighted by atomic mass is 16.5. The highest BCUT2D eigenvalue weighted by molar-refractivity contribution is 5.90. The maximum atomic E-state index is 13.0. The van der Waals surface area contributed by atoms with Gasteiger partial charge in [0.2, 0.25) is 5.91 Å². The number of likely N-dealkylation sites (tertiary alicyclic amines) is 1. The molecule has 2 aromatic carbocycles. The minimum atomic E-state index is -0.115. The molecule has 1 saturated heterocycles. The van der Waals surface area contributed by atoms with Crippen molar-refractivity contribution in [1.29, 1.82) is 0 Å². The lowest BCUT2D eigenvalue weighted by Gasteiger charge is -2.32. The normalized spacial score (nSPS) is 16.8. The smallest absolute Gasteiger partial charge is 0.278 e. The number of fused-ring (bicyclic) bond motifs is 1. The molecule has 0 N–H and O–H groups in total. The summed E-state index contributed by atoms with van der Waals surface area (Å²) in [6.45, 7) is 1.30. The molecule has 1 aliphatic rings. The number of ether oxygens (including phenoxy) is 2. The van der Waals surface area contributed by atoms with Gasteiger partial charge in [-0.3, -0.25) is 4.79 Å². The highest BCUT2D eigenvalue weighted by Crippen LogP contribution is 2.25. The monoisotopic (exact) mass is 377 g/mol. The Morgan fingerprint density at radius 1 is 1.11 bits per heavy atom. The zero-order valence-electron chi connectivity index (χ0n) is 15.9. The van der Waals surface area contributed by atoms with Gasteiger partial charge in [-0.15, -0.1) is 0 Å². The lowest BCUT2D eigenvalue weighted by atomic mass is 10.0. The van der Waals surface area contributed by atoms with Crippen molar-refractivity contribution < 1.29 is 14.3 Å². The molecule has 0 spiro atoms. The maximum absolute atomic E-state index is 13.0. The van der Waals surface area contributed by atoms with Gasteiger partial charge in [-0.2, -0.15) is 0 Å². The predicted octanol–water partition coefficient (Wildman–Crippen LogP) is 3.25. The van der Waals surface area contributed by atoms with E-state index in [0.29, 0.717) is 24.7 Å². The zero-order chi connectivity index (χ0) is 19.3. The van der Waals surface area contributed by atoms with Gasteiger partial charge in [-0.05, 0) is 29.2 Å². The second-order valence-corrected chi connectivity index (χ2v) is 6.91. The number of hydrogen-bond donors (Lipinski definition) is 0. The SMILES string of the molecule is COc1nccnc1OC1CCCN(C(=O)Cc2cccc3ccccc23)C1. The number of hydrogen-bond acceptors (Lipinski definition) is 5. The molecule has 1 aromatic heterocycles. The number of carbonyl (C=O) groups is 1. The molecule has 0 radical (unpaired) electrons. The van der Waals surface area contributed by atoms with Gasteiger partial charge < -0.3 is 14.4 Å². The van der Waals surface area contributed by atoms with E-state index in [-0.39, 0.29) is 12.0 Å². The molecule has 6 nitrogen and oxygen atoms in total.